The minimum Gasteiger partial charge on any atom is -0.382 e. The van der Waals surface area contributed by atoms with Gasteiger partial charge in [0.1, 0.15) is 12.2 Å². The van der Waals surface area contributed by atoms with Gasteiger partial charge in [-0.1, -0.05) is 6.07 Å². The summed E-state index contributed by atoms with van der Waals surface area (Å²) in [5.41, 5.74) is 9.29. The molecule has 1 aromatic carbocycles. The lowest BCUT2D eigenvalue weighted by Gasteiger charge is -2.12. The maximum absolute atomic E-state index is 12.5. The van der Waals surface area contributed by atoms with E-state index in [2.05, 4.69) is 15.3 Å². The van der Waals surface area contributed by atoms with Crippen LogP contribution in [0.3, 0.4) is 0 Å². The first-order valence-electron chi connectivity index (χ1n) is 10.2. The monoisotopic (exact) mass is 482 g/mol. The van der Waals surface area contributed by atoms with Crippen LogP contribution in [0.5, 0.6) is 0 Å². The number of rotatable bonds is 8. The normalized spacial score (nSPS) is 11.6. The summed E-state index contributed by atoms with van der Waals surface area (Å²) in [6, 6.07) is 10.2. The molecule has 0 aliphatic heterocycles. The Morgan fingerprint density at radius 3 is 2.51 bits per heavy atom. The molecule has 180 valence electrons. The molecule has 2 heterocycles. The molecule has 0 bridgehead atoms. The number of nitrogens with zero attached hydrogens (tertiary/aromatic N) is 2. The van der Waals surface area contributed by atoms with Crippen molar-refractivity contribution in [1.29, 1.82) is 5.41 Å². The highest BCUT2D eigenvalue weighted by Gasteiger charge is 2.26. The maximum Gasteiger partial charge on any atom is 0.405 e. The second-order valence-electron chi connectivity index (χ2n) is 7.48. The van der Waals surface area contributed by atoms with E-state index in [9.17, 15) is 22.8 Å². The first-order valence-corrected chi connectivity index (χ1v) is 10.2. The second kappa shape index (κ2) is 10.6. The quantitative estimate of drug-likeness (QED) is 0.286. The van der Waals surface area contributed by atoms with Crippen molar-refractivity contribution in [2.75, 3.05) is 11.9 Å². The molecule has 0 spiro atoms. The fourth-order valence-electron chi connectivity index (χ4n) is 3.15. The van der Waals surface area contributed by atoms with E-state index >= 15 is 0 Å². The van der Waals surface area contributed by atoms with Gasteiger partial charge >= 0.3 is 6.18 Å². The molecule has 0 fully saturated rings. The Morgan fingerprint density at radius 2 is 1.83 bits per heavy atom. The molecule has 0 atom stereocenters. The van der Waals surface area contributed by atoms with Gasteiger partial charge in [0.25, 0.3) is 11.8 Å². The van der Waals surface area contributed by atoms with Crippen molar-refractivity contribution in [3.05, 3.63) is 78.0 Å². The summed E-state index contributed by atoms with van der Waals surface area (Å²) in [4.78, 5) is 32.1. The molecular weight excluding hydrogens is 461 g/mol. The van der Waals surface area contributed by atoms with Crippen LogP contribution in [0.15, 0.2) is 66.8 Å². The number of benzene rings is 1. The summed E-state index contributed by atoms with van der Waals surface area (Å²) in [6.45, 7) is 0.545. The number of amides is 2. The number of halogens is 3. The number of carbonyl (C=O) groups excluding carboxylic acids is 2. The molecule has 0 saturated carbocycles. The molecule has 2 amide bonds. The number of alkyl halides is 3. The van der Waals surface area contributed by atoms with Crippen LogP contribution >= 0.6 is 0 Å². The molecule has 0 unspecified atom stereocenters. The fourth-order valence-corrected chi connectivity index (χ4v) is 3.15. The molecule has 11 heteroatoms. The predicted molar refractivity (Wildman–Crippen MR) is 126 cm³/mol. The van der Waals surface area contributed by atoms with Crippen molar-refractivity contribution in [3.8, 4) is 22.3 Å². The number of carbonyl (C=O) groups is 2. The lowest BCUT2D eigenvalue weighted by molar-refractivity contribution is -0.123. The third-order valence-electron chi connectivity index (χ3n) is 4.87. The van der Waals surface area contributed by atoms with Crippen LogP contribution in [0.1, 0.15) is 16.1 Å². The molecule has 3 rings (SSSR count). The molecule has 5 N–H and O–H groups in total. The highest BCUT2D eigenvalue weighted by atomic mass is 19.4. The van der Waals surface area contributed by atoms with Crippen molar-refractivity contribution in [1.82, 2.24) is 15.3 Å². The first-order chi connectivity index (χ1) is 16.6. The van der Waals surface area contributed by atoms with Crippen LogP contribution in [0.2, 0.25) is 0 Å². The second-order valence-corrected chi connectivity index (χ2v) is 7.48. The Labute approximate surface area is 198 Å². The number of aryl methyl sites for hydroxylation is 1. The molecule has 0 aliphatic rings. The van der Waals surface area contributed by atoms with E-state index in [1.807, 2.05) is 18.3 Å². The van der Waals surface area contributed by atoms with E-state index in [1.165, 1.54) is 6.20 Å². The van der Waals surface area contributed by atoms with Gasteiger partial charge in [0.15, 0.2) is 0 Å². The Kier molecular flexibility index (Phi) is 7.59. The van der Waals surface area contributed by atoms with Crippen LogP contribution in [-0.2, 0) is 4.79 Å². The zero-order chi connectivity index (χ0) is 25.6. The van der Waals surface area contributed by atoms with Crippen LogP contribution < -0.4 is 16.4 Å². The predicted octanol–water partition coefficient (Wildman–Crippen LogP) is 3.84. The average Bonchev–Trinajstić information content (AvgIpc) is 2.82. The van der Waals surface area contributed by atoms with Crippen molar-refractivity contribution < 1.29 is 22.8 Å². The Hall–Kier alpha value is -4.54. The Bertz CT molecular complexity index is 1300. The van der Waals surface area contributed by atoms with Gasteiger partial charge in [-0.15, -0.1) is 0 Å². The van der Waals surface area contributed by atoms with Gasteiger partial charge in [-0.05, 0) is 53.9 Å². The number of pyridine rings is 2. The minimum absolute atomic E-state index is 0.119. The van der Waals surface area contributed by atoms with Gasteiger partial charge < -0.3 is 21.8 Å². The van der Waals surface area contributed by atoms with E-state index in [0.717, 1.165) is 22.9 Å². The topological polar surface area (TPSA) is 134 Å². The van der Waals surface area contributed by atoms with Crippen LogP contribution in [0.4, 0.5) is 18.9 Å². The molecule has 2 aromatic heterocycles. The lowest BCUT2D eigenvalue weighted by Crippen LogP contribution is -2.26. The Balaban J connectivity index is 1.86. The SMILES string of the molecule is Cc1ccc(NC(=O)/C(C=N)=C/NCC(F)(F)F)cc1-c1cncc(-c2ccnc(C(N)=O)c2)c1. The van der Waals surface area contributed by atoms with E-state index < -0.39 is 24.5 Å². The van der Waals surface area contributed by atoms with Gasteiger partial charge in [-0.3, -0.25) is 19.6 Å². The number of nitrogens with two attached hydrogens (primary N) is 1. The van der Waals surface area contributed by atoms with Crippen molar-refractivity contribution in [2.24, 2.45) is 5.73 Å². The van der Waals surface area contributed by atoms with E-state index in [1.54, 1.807) is 42.7 Å². The van der Waals surface area contributed by atoms with Crippen LogP contribution in [-0.4, -0.2) is 40.7 Å². The summed E-state index contributed by atoms with van der Waals surface area (Å²) in [5.74, 6) is -1.39. The minimum atomic E-state index is -4.45. The highest BCUT2D eigenvalue weighted by Crippen LogP contribution is 2.30. The van der Waals surface area contributed by atoms with Gasteiger partial charge in [0.2, 0.25) is 0 Å². The van der Waals surface area contributed by atoms with E-state index in [4.69, 9.17) is 11.1 Å². The highest BCUT2D eigenvalue weighted by molar-refractivity contribution is 6.17. The lowest BCUT2D eigenvalue weighted by atomic mass is 9.98. The summed E-state index contributed by atoms with van der Waals surface area (Å²) in [5, 5.41) is 11.9. The van der Waals surface area contributed by atoms with Crippen molar-refractivity contribution in [3.63, 3.8) is 0 Å². The molecule has 3 aromatic rings. The zero-order valence-corrected chi connectivity index (χ0v) is 18.5. The molecule has 0 saturated heterocycles. The van der Waals surface area contributed by atoms with Gasteiger partial charge in [0, 0.05) is 47.8 Å². The zero-order valence-electron chi connectivity index (χ0n) is 18.5. The summed E-state index contributed by atoms with van der Waals surface area (Å²) >= 11 is 0. The third kappa shape index (κ3) is 6.73. The summed E-state index contributed by atoms with van der Waals surface area (Å²) in [6.07, 6.45) is 1.79. The number of nitrogens with one attached hydrogen (secondary N) is 3. The molecule has 0 radical (unpaired) electrons. The third-order valence-corrected chi connectivity index (χ3v) is 4.87. The molecule has 0 aliphatic carbocycles. The number of hydrogen-bond donors (Lipinski definition) is 4. The average molecular weight is 482 g/mol. The molecular formula is C24H21F3N6O2. The number of anilines is 1. The van der Waals surface area contributed by atoms with E-state index in [-0.39, 0.29) is 11.3 Å². The Morgan fingerprint density at radius 1 is 1.09 bits per heavy atom. The standard InChI is InChI=1S/C24H21F3N6O2/c1-14-2-3-19(33-23(35)18(9-28)12-31-13-24(25,26)27)8-20(14)17-6-16(10-30-11-17)15-4-5-32-21(7-15)22(29)34/h2-12,28,31H,13H2,1H3,(H2,29,34)(H,33,35)/b18-12+,28-9?. The number of aromatic nitrogens is 2. The summed E-state index contributed by atoms with van der Waals surface area (Å²) in [7, 11) is 0. The molecule has 35 heavy (non-hydrogen) atoms. The van der Waals surface area contributed by atoms with E-state index in [0.29, 0.717) is 23.0 Å². The number of primary amides is 1. The number of hydrogen-bond acceptors (Lipinski definition) is 6. The van der Waals surface area contributed by atoms with Gasteiger partial charge in [-0.2, -0.15) is 13.2 Å². The smallest absolute Gasteiger partial charge is 0.382 e. The fraction of sp³-hybridized carbons (Fsp3) is 0.125. The van der Waals surface area contributed by atoms with Crippen LogP contribution in [0, 0.1) is 12.3 Å². The van der Waals surface area contributed by atoms with Crippen LogP contribution in [0.25, 0.3) is 22.3 Å². The first kappa shape index (κ1) is 25.1. The summed E-state index contributed by atoms with van der Waals surface area (Å²) < 4.78 is 36.9. The largest absolute Gasteiger partial charge is 0.405 e. The van der Waals surface area contributed by atoms with Crippen molar-refractivity contribution >= 4 is 23.7 Å². The maximum atomic E-state index is 12.5. The molecule has 8 nitrogen and oxygen atoms in total. The van der Waals surface area contributed by atoms with Gasteiger partial charge in [-0.25, -0.2) is 0 Å². The van der Waals surface area contributed by atoms with Crippen molar-refractivity contribution in [2.45, 2.75) is 13.1 Å². The van der Waals surface area contributed by atoms with Gasteiger partial charge in [0.05, 0.1) is 5.57 Å².